The first-order valence-electron chi connectivity index (χ1n) is 7.70. The molecule has 1 saturated carbocycles. The second-order valence-electron chi connectivity index (χ2n) is 5.83. The first-order valence-corrected chi connectivity index (χ1v) is 7.70. The van der Waals surface area contributed by atoms with Crippen LogP contribution in [0.4, 0.5) is 0 Å². The smallest absolute Gasteiger partial charge is 0.328 e. The van der Waals surface area contributed by atoms with Crippen molar-refractivity contribution in [1.82, 2.24) is 14.9 Å². The van der Waals surface area contributed by atoms with Crippen LogP contribution in [0.1, 0.15) is 32.6 Å². The van der Waals surface area contributed by atoms with Gasteiger partial charge in [0.2, 0.25) is 0 Å². The number of aromatic nitrogens is 2. The molecule has 1 aromatic rings. The van der Waals surface area contributed by atoms with Gasteiger partial charge < -0.3 is 10.1 Å². The minimum atomic E-state index is -0.717. The van der Waals surface area contributed by atoms with Crippen LogP contribution in [0.15, 0.2) is 21.9 Å². The van der Waals surface area contributed by atoms with Gasteiger partial charge in [-0.1, -0.05) is 19.8 Å². The molecule has 2 atom stereocenters. The maximum absolute atomic E-state index is 11.8. The van der Waals surface area contributed by atoms with E-state index in [2.05, 4.69) is 12.2 Å². The lowest BCUT2D eigenvalue weighted by molar-refractivity contribution is -0.149. The highest BCUT2D eigenvalue weighted by molar-refractivity contribution is 5.80. The Kier molecular flexibility index (Phi) is 5.72. The number of ether oxygens (including phenoxy) is 1. The minimum absolute atomic E-state index is 0.122. The first-order chi connectivity index (χ1) is 11.0. The van der Waals surface area contributed by atoms with Gasteiger partial charge in [-0.25, -0.2) is 4.79 Å². The lowest BCUT2D eigenvalue weighted by Gasteiger charge is -2.29. The monoisotopic (exact) mass is 323 g/mol. The Morgan fingerprint density at radius 2 is 2.09 bits per heavy atom. The molecule has 2 rings (SSSR count). The molecule has 1 aromatic heterocycles. The number of esters is 1. The lowest BCUT2D eigenvalue weighted by atomic mass is 9.86. The summed E-state index contributed by atoms with van der Waals surface area (Å²) in [5, 5.41) is 2.87. The molecule has 1 fully saturated rings. The third-order valence-corrected chi connectivity index (χ3v) is 4.02. The van der Waals surface area contributed by atoms with Crippen LogP contribution < -0.4 is 16.6 Å². The molecule has 0 spiro atoms. The molecule has 126 valence electrons. The molecule has 2 N–H and O–H groups in total. The average molecular weight is 323 g/mol. The van der Waals surface area contributed by atoms with Crippen molar-refractivity contribution in [3.8, 4) is 0 Å². The summed E-state index contributed by atoms with van der Waals surface area (Å²) in [6, 6.07) is 1.25. The van der Waals surface area contributed by atoms with Gasteiger partial charge in [0.15, 0.2) is 6.61 Å². The number of nitrogens with one attached hydrogen (secondary N) is 2. The van der Waals surface area contributed by atoms with Crippen LogP contribution in [0.2, 0.25) is 0 Å². The van der Waals surface area contributed by atoms with E-state index in [1.54, 1.807) is 0 Å². The summed E-state index contributed by atoms with van der Waals surface area (Å²) < 4.78 is 5.87. The summed E-state index contributed by atoms with van der Waals surface area (Å²) in [4.78, 5) is 47.9. The number of hydrogen-bond donors (Lipinski definition) is 2. The third kappa shape index (κ3) is 5.08. The second kappa shape index (κ2) is 7.75. The summed E-state index contributed by atoms with van der Waals surface area (Å²) in [6.07, 6.45) is 5.49. The van der Waals surface area contributed by atoms with Crippen LogP contribution in [0, 0.1) is 5.92 Å². The van der Waals surface area contributed by atoms with E-state index in [1.807, 2.05) is 4.98 Å². The molecule has 0 radical (unpaired) electrons. The molecule has 1 heterocycles. The van der Waals surface area contributed by atoms with Gasteiger partial charge in [-0.2, -0.15) is 0 Å². The van der Waals surface area contributed by atoms with E-state index in [4.69, 9.17) is 4.74 Å². The van der Waals surface area contributed by atoms with Crippen LogP contribution in [0.3, 0.4) is 0 Å². The van der Waals surface area contributed by atoms with Crippen LogP contribution in [0.25, 0.3) is 0 Å². The van der Waals surface area contributed by atoms with Gasteiger partial charge in [-0.15, -0.1) is 0 Å². The van der Waals surface area contributed by atoms with Gasteiger partial charge in [0, 0.05) is 18.3 Å². The maximum atomic E-state index is 11.8. The number of aromatic amines is 1. The molecule has 0 unspecified atom stereocenters. The van der Waals surface area contributed by atoms with E-state index < -0.39 is 17.2 Å². The van der Waals surface area contributed by atoms with Crippen molar-refractivity contribution in [2.45, 2.75) is 45.2 Å². The fraction of sp³-hybridized carbons (Fsp3) is 0.600. The quantitative estimate of drug-likeness (QED) is 0.728. The molecule has 1 aliphatic rings. The highest BCUT2D eigenvalue weighted by Gasteiger charge is 2.23. The zero-order valence-corrected chi connectivity index (χ0v) is 13.0. The zero-order valence-electron chi connectivity index (χ0n) is 13.0. The fourth-order valence-electron chi connectivity index (χ4n) is 2.68. The molecule has 8 heteroatoms. The van der Waals surface area contributed by atoms with Gasteiger partial charge in [-0.3, -0.25) is 23.9 Å². The number of H-pyrrole nitrogens is 1. The number of nitrogens with zero attached hydrogens (tertiary/aromatic N) is 1. The highest BCUT2D eigenvalue weighted by atomic mass is 16.5. The van der Waals surface area contributed by atoms with Gasteiger partial charge in [0.05, 0.1) is 0 Å². The van der Waals surface area contributed by atoms with E-state index in [1.165, 1.54) is 12.6 Å². The Bertz CT molecular complexity index is 678. The molecule has 0 aromatic carbocycles. The van der Waals surface area contributed by atoms with Crippen molar-refractivity contribution in [1.29, 1.82) is 0 Å². The van der Waals surface area contributed by atoms with Crippen LogP contribution in [-0.4, -0.2) is 34.1 Å². The normalized spacial score (nSPS) is 20.7. The molecule has 1 aliphatic carbocycles. The third-order valence-electron chi connectivity index (χ3n) is 4.02. The number of carbonyl (C=O) groups is 2. The SMILES string of the molecule is C[C@H]1CCCC[C@@H]1NC(=O)COC(=O)Cn1ccc(=O)[nH]c1=O. The van der Waals surface area contributed by atoms with Crippen LogP contribution >= 0.6 is 0 Å². The summed E-state index contributed by atoms with van der Waals surface area (Å²) >= 11 is 0. The van der Waals surface area contributed by atoms with Crippen molar-refractivity contribution in [3.63, 3.8) is 0 Å². The van der Waals surface area contributed by atoms with E-state index in [0.29, 0.717) is 5.92 Å². The summed E-state index contributed by atoms with van der Waals surface area (Å²) in [5.41, 5.74) is -1.24. The van der Waals surface area contributed by atoms with E-state index >= 15 is 0 Å². The highest BCUT2D eigenvalue weighted by Crippen LogP contribution is 2.23. The molecule has 8 nitrogen and oxygen atoms in total. The van der Waals surface area contributed by atoms with Crippen LogP contribution in [-0.2, 0) is 20.9 Å². The molecule has 0 aliphatic heterocycles. The Morgan fingerprint density at radius 3 is 2.78 bits per heavy atom. The topological polar surface area (TPSA) is 110 Å². The number of carbonyl (C=O) groups excluding carboxylic acids is 2. The van der Waals surface area contributed by atoms with Crippen molar-refractivity contribution in [2.75, 3.05) is 6.61 Å². The molecule has 0 bridgehead atoms. The van der Waals surface area contributed by atoms with E-state index in [9.17, 15) is 19.2 Å². The molecule has 23 heavy (non-hydrogen) atoms. The van der Waals surface area contributed by atoms with E-state index in [-0.39, 0.29) is 25.1 Å². The van der Waals surface area contributed by atoms with Crippen molar-refractivity contribution < 1.29 is 14.3 Å². The Labute approximate surface area is 132 Å². The van der Waals surface area contributed by atoms with E-state index in [0.717, 1.165) is 29.9 Å². The average Bonchev–Trinajstić information content (AvgIpc) is 2.50. The minimum Gasteiger partial charge on any atom is -0.454 e. The molecule has 1 amide bonds. The maximum Gasteiger partial charge on any atom is 0.328 e. The molecular weight excluding hydrogens is 302 g/mol. The van der Waals surface area contributed by atoms with Crippen LogP contribution in [0.5, 0.6) is 0 Å². The van der Waals surface area contributed by atoms with Gasteiger partial charge >= 0.3 is 11.7 Å². The predicted octanol–water partition coefficient (Wildman–Crippen LogP) is -0.225. The van der Waals surface area contributed by atoms with Gasteiger partial charge in [0.25, 0.3) is 11.5 Å². The van der Waals surface area contributed by atoms with Gasteiger partial charge in [0.1, 0.15) is 6.54 Å². The van der Waals surface area contributed by atoms with Crippen molar-refractivity contribution in [2.24, 2.45) is 5.92 Å². The molecule has 0 saturated heterocycles. The number of hydrogen-bond acceptors (Lipinski definition) is 5. The summed E-state index contributed by atoms with van der Waals surface area (Å²) in [5.74, 6) is -0.639. The second-order valence-corrected chi connectivity index (χ2v) is 5.83. The zero-order chi connectivity index (χ0) is 16.8. The Balaban J connectivity index is 1.78. The summed E-state index contributed by atoms with van der Waals surface area (Å²) in [7, 11) is 0. The molecular formula is C15H21N3O5. The lowest BCUT2D eigenvalue weighted by Crippen LogP contribution is -2.43. The number of amides is 1. The van der Waals surface area contributed by atoms with Crippen molar-refractivity contribution >= 4 is 11.9 Å². The van der Waals surface area contributed by atoms with Gasteiger partial charge in [-0.05, 0) is 18.8 Å². The Morgan fingerprint density at radius 1 is 1.35 bits per heavy atom. The standard InChI is InChI=1S/C15H21N3O5/c1-10-4-2-3-5-11(10)16-13(20)9-23-14(21)8-18-7-6-12(19)17-15(18)22/h6-7,10-11H,2-5,8-9H2,1H3,(H,16,20)(H,17,19,22)/t10-,11-/m0/s1. The number of rotatable bonds is 5. The largest absolute Gasteiger partial charge is 0.454 e. The Hall–Kier alpha value is -2.38. The predicted molar refractivity (Wildman–Crippen MR) is 81.8 cm³/mol. The van der Waals surface area contributed by atoms with Crippen molar-refractivity contribution in [3.05, 3.63) is 33.1 Å². The fourth-order valence-corrected chi connectivity index (χ4v) is 2.68. The summed E-state index contributed by atoms with van der Waals surface area (Å²) in [6.45, 7) is 1.36. The first kappa shape index (κ1) is 17.0.